The van der Waals surface area contributed by atoms with E-state index in [-0.39, 0.29) is 37.4 Å². The van der Waals surface area contributed by atoms with E-state index in [1.165, 1.54) is 4.90 Å². The molecule has 4 aliphatic rings. The molecule has 1 saturated carbocycles. The Morgan fingerprint density at radius 1 is 0.939 bits per heavy atom. The third-order valence-electron chi connectivity index (χ3n) is 10.3. The fourth-order valence-electron chi connectivity index (χ4n) is 8.11. The topological polar surface area (TPSA) is 130 Å². The number of fused-ring (bicyclic) bond motifs is 5. The molecule has 0 bridgehead atoms. The minimum Gasteiger partial charge on any atom is -0.491 e. The molecule has 3 fully saturated rings. The van der Waals surface area contributed by atoms with E-state index in [1.807, 2.05) is 30.3 Å². The SMILES string of the molecule is O=C1C2CC=C3C(CC4(Cl)C(=O)N(CBr)C(=O)C4(Cl)C3c3ccccc3OCCO)C2C(=O)N1c1ccc(-c2nc3ccccc3o2)cc1. The van der Waals surface area contributed by atoms with Crippen LogP contribution in [0.1, 0.15) is 24.3 Å². The van der Waals surface area contributed by atoms with Gasteiger partial charge in [-0.3, -0.25) is 29.0 Å². The summed E-state index contributed by atoms with van der Waals surface area (Å²) in [5, 5.41) is 9.50. The number of rotatable bonds is 7. The first-order valence-electron chi connectivity index (χ1n) is 15.8. The Balaban J connectivity index is 1.19. The minimum absolute atomic E-state index is 0.0221. The quantitative estimate of drug-likeness (QED) is 0.109. The van der Waals surface area contributed by atoms with Gasteiger partial charge in [0, 0.05) is 17.0 Å². The number of aliphatic hydroxyl groups is 1. The number of carbonyl (C=O) groups excluding carboxylic acids is 4. The van der Waals surface area contributed by atoms with Crippen molar-refractivity contribution >= 4 is 79.5 Å². The zero-order valence-electron chi connectivity index (χ0n) is 25.7. The maximum Gasteiger partial charge on any atom is 0.254 e. The number of alkyl halides is 3. The van der Waals surface area contributed by atoms with E-state index in [0.29, 0.717) is 45.1 Å². The van der Waals surface area contributed by atoms with Gasteiger partial charge >= 0.3 is 0 Å². The van der Waals surface area contributed by atoms with E-state index >= 15 is 0 Å². The first-order chi connectivity index (χ1) is 23.6. The molecular formula is C36H28BrCl2N3O7. The van der Waals surface area contributed by atoms with Gasteiger partial charge in [-0.05, 0) is 61.2 Å². The number of ether oxygens (including phenoxy) is 1. The van der Waals surface area contributed by atoms with Gasteiger partial charge in [0.1, 0.15) is 17.9 Å². The zero-order chi connectivity index (χ0) is 34.2. The number of aliphatic hydroxyl groups excluding tert-OH is 1. The first-order valence-corrected chi connectivity index (χ1v) is 17.7. The third-order valence-corrected chi connectivity index (χ3v) is 12.2. The van der Waals surface area contributed by atoms with Gasteiger partial charge in [-0.1, -0.05) is 57.9 Å². The highest BCUT2D eigenvalue weighted by Gasteiger charge is 2.76. The number of anilines is 1. The van der Waals surface area contributed by atoms with Crippen LogP contribution in [0.5, 0.6) is 5.75 Å². The van der Waals surface area contributed by atoms with Gasteiger partial charge in [-0.25, -0.2) is 4.98 Å². The van der Waals surface area contributed by atoms with Gasteiger partial charge in [0.05, 0.1) is 29.6 Å². The molecular weight excluding hydrogens is 737 g/mol. The first kappa shape index (κ1) is 32.2. The highest BCUT2D eigenvalue weighted by atomic mass is 79.9. The fraction of sp³-hybridized carbons (Fsp3) is 0.306. The summed E-state index contributed by atoms with van der Waals surface area (Å²) >= 11 is 17.9. The van der Waals surface area contributed by atoms with Crippen molar-refractivity contribution in [2.75, 3.05) is 23.6 Å². The van der Waals surface area contributed by atoms with E-state index in [4.69, 9.17) is 32.4 Å². The maximum atomic E-state index is 14.4. The Kier molecular flexibility index (Phi) is 7.75. The summed E-state index contributed by atoms with van der Waals surface area (Å²) in [5.74, 6) is -4.56. The monoisotopic (exact) mass is 763 g/mol. The standard InChI is InChI=1S/C36H28BrCl2N3O7/c37-18-41-33(46)35(38)17-24-21(29(36(35,39)34(41)47)22-5-1-3-7-26(22)48-16-15-43)13-14-23-28(24)32(45)42(31(23)44)20-11-9-19(10-12-20)30-40-25-6-2-4-8-27(25)49-30/h1-13,23-24,28-29,43H,14-18H2. The number of benzene rings is 3. The average Bonchev–Trinajstić information content (AvgIpc) is 3.70. The van der Waals surface area contributed by atoms with Gasteiger partial charge in [0.25, 0.3) is 11.8 Å². The summed E-state index contributed by atoms with van der Waals surface area (Å²) < 4.78 is 11.8. The van der Waals surface area contributed by atoms with Crippen molar-refractivity contribution in [3.8, 4) is 17.2 Å². The van der Waals surface area contributed by atoms with Gasteiger partial charge in [-0.2, -0.15) is 0 Å². The van der Waals surface area contributed by atoms with Crippen LogP contribution in [0.25, 0.3) is 22.6 Å². The Morgan fingerprint density at radius 2 is 1.67 bits per heavy atom. The van der Waals surface area contributed by atoms with Gasteiger partial charge in [-0.15, -0.1) is 23.2 Å². The number of aromatic nitrogens is 1. The van der Waals surface area contributed by atoms with Gasteiger partial charge in [0.15, 0.2) is 15.3 Å². The van der Waals surface area contributed by atoms with Crippen molar-refractivity contribution < 1.29 is 33.4 Å². The van der Waals surface area contributed by atoms with Crippen molar-refractivity contribution in [2.45, 2.75) is 28.5 Å². The van der Waals surface area contributed by atoms with Crippen LogP contribution in [0.2, 0.25) is 0 Å². The Bertz CT molecular complexity index is 2050. The molecule has 3 heterocycles. The second kappa shape index (κ2) is 11.8. The number of allylic oxidation sites excluding steroid dienone is 2. The summed E-state index contributed by atoms with van der Waals surface area (Å²) in [6.07, 6.45) is 1.97. The van der Waals surface area contributed by atoms with Gasteiger partial charge < -0.3 is 14.3 Å². The number of likely N-dealkylation sites (tertiary alicyclic amines) is 1. The van der Waals surface area contributed by atoms with Crippen LogP contribution in [-0.4, -0.2) is 67.0 Å². The largest absolute Gasteiger partial charge is 0.491 e. The summed E-state index contributed by atoms with van der Waals surface area (Å²) in [6, 6.07) is 21.2. The predicted octanol–water partition coefficient (Wildman–Crippen LogP) is 5.78. The zero-order valence-corrected chi connectivity index (χ0v) is 28.8. The molecule has 2 saturated heterocycles. The van der Waals surface area contributed by atoms with Crippen LogP contribution in [0.15, 0.2) is 88.9 Å². The number of nitrogens with zero attached hydrogens (tertiary/aromatic N) is 3. The average molecular weight is 765 g/mol. The van der Waals surface area contributed by atoms with Crippen molar-refractivity contribution in [3.05, 3.63) is 90.0 Å². The summed E-state index contributed by atoms with van der Waals surface area (Å²) in [4.78, 5) is 59.3. The summed E-state index contributed by atoms with van der Waals surface area (Å²) in [5.41, 5.74) is 3.46. The molecule has 13 heteroatoms. The molecule has 8 rings (SSSR count). The number of amides is 4. The fourth-order valence-corrected chi connectivity index (χ4v) is 9.53. The predicted molar refractivity (Wildman–Crippen MR) is 184 cm³/mol. The van der Waals surface area contributed by atoms with Gasteiger partial charge in [0.2, 0.25) is 17.7 Å². The number of oxazole rings is 1. The molecule has 6 unspecified atom stereocenters. The molecule has 250 valence electrons. The molecule has 1 N–H and O–H groups in total. The lowest BCUT2D eigenvalue weighted by atomic mass is 9.56. The van der Waals surface area contributed by atoms with Crippen LogP contribution in [0.3, 0.4) is 0 Å². The number of para-hydroxylation sites is 3. The smallest absolute Gasteiger partial charge is 0.254 e. The summed E-state index contributed by atoms with van der Waals surface area (Å²) in [7, 11) is 0. The molecule has 2 aliphatic carbocycles. The lowest BCUT2D eigenvalue weighted by Gasteiger charge is -2.51. The van der Waals surface area contributed by atoms with Crippen LogP contribution in [0.4, 0.5) is 5.69 Å². The maximum absolute atomic E-state index is 14.4. The van der Waals surface area contributed by atoms with E-state index < -0.39 is 51.1 Å². The van der Waals surface area contributed by atoms with E-state index in [1.54, 1.807) is 48.5 Å². The van der Waals surface area contributed by atoms with Crippen LogP contribution < -0.4 is 9.64 Å². The number of hydrogen-bond donors (Lipinski definition) is 1. The van der Waals surface area contributed by atoms with Crippen molar-refractivity contribution in [2.24, 2.45) is 17.8 Å². The van der Waals surface area contributed by atoms with Crippen molar-refractivity contribution in [1.29, 1.82) is 0 Å². The molecule has 0 spiro atoms. The van der Waals surface area contributed by atoms with Crippen molar-refractivity contribution in [1.82, 2.24) is 9.88 Å². The second-order valence-corrected chi connectivity index (χ2v) is 14.4. The normalized spacial score (nSPS) is 29.3. The van der Waals surface area contributed by atoms with Crippen LogP contribution in [-0.2, 0) is 19.2 Å². The molecule has 4 aromatic rings. The Morgan fingerprint density at radius 3 is 2.41 bits per heavy atom. The van der Waals surface area contributed by atoms with Crippen LogP contribution >= 0.6 is 39.1 Å². The third kappa shape index (κ3) is 4.52. The number of halogens is 3. The Hall–Kier alpha value is -4.03. The molecule has 0 radical (unpaired) electrons. The summed E-state index contributed by atoms with van der Waals surface area (Å²) in [6.45, 7) is -0.276. The lowest BCUT2D eigenvalue weighted by molar-refractivity contribution is -0.138. The molecule has 49 heavy (non-hydrogen) atoms. The van der Waals surface area contributed by atoms with E-state index in [9.17, 15) is 24.3 Å². The van der Waals surface area contributed by atoms with E-state index in [0.717, 1.165) is 4.90 Å². The van der Waals surface area contributed by atoms with Crippen molar-refractivity contribution in [3.63, 3.8) is 0 Å². The number of imide groups is 2. The Labute approximate surface area is 298 Å². The second-order valence-electron chi connectivity index (χ2n) is 12.6. The molecule has 6 atom stereocenters. The molecule has 1 aromatic heterocycles. The minimum atomic E-state index is -1.96. The highest BCUT2D eigenvalue weighted by Crippen LogP contribution is 2.66. The molecule has 10 nitrogen and oxygen atoms in total. The van der Waals surface area contributed by atoms with E-state index in [2.05, 4.69) is 20.9 Å². The molecule has 2 aliphatic heterocycles. The lowest BCUT2D eigenvalue weighted by Crippen LogP contribution is -2.60. The number of hydrogen-bond acceptors (Lipinski definition) is 8. The number of carbonyl (C=O) groups is 4. The van der Waals surface area contributed by atoms with Crippen LogP contribution in [0, 0.1) is 17.8 Å². The highest BCUT2D eigenvalue weighted by molar-refractivity contribution is 9.09. The molecule has 3 aromatic carbocycles. The molecule has 4 amide bonds.